The SMILES string of the molecule is COc1ccc(NC(N)=NCCOc2ccc(S(=O)(=O)C(F)(F)F)cc2)cc1OC. The van der Waals surface area contributed by atoms with Crippen molar-refractivity contribution in [3.8, 4) is 17.2 Å². The quantitative estimate of drug-likeness (QED) is 0.364. The number of sulfone groups is 1. The average molecular weight is 447 g/mol. The van der Waals surface area contributed by atoms with E-state index in [9.17, 15) is 21.6 Å². The van der Waals surface area contributed by atoms with Crippen molar-refractivity contribution in [3.05, 3.63) is 42.5 Å². The molecule has 0 bridgehead atoms. The van der Waals surface area contributed by atoms with Gasteiger partial charge < -0.3 is 25.3 Å². The first-order chi connectivity index (χ1) is 14.1. The highest BCUT2D eigenvalue weighted by molar-refractivity contribution is 7.92. The normalized spacial score (nSPS) is 12.4. The van der Waals surface area contributed by atoms with E-state index in [1.54, 1.807) is 18.2 Å². The van der Waals surface area contributed by atoms with Crippen LogP contribution in [-0.2, 0) is 9.84 Å². The van der Waals surface area contributed by atoms with E-state index in [-0.39, 0.29) is 24.9 Å². The lowest BCUT2D eigenvalue weighted by atomic mass is 10.3. The number of nitrogens with zero attached hydrogens (tertiary/aromatic N) is 1. The molecule has 2 aromatic rings. The summed E-state index contributed by atoms with van der Waals surface area (Å²) < 4.78 is 75.8. The Hall–Kier alpha value is -3.15. The summed E-state index contributed by atoms with van der Waals surface area (Å²) >= 11 is 0. The van der Waals surface area contributed by atoms with Crippen molar-refractivity contribution in [2.75, 3.05) is 32.7 Å². The maximum Gasteiger partial charge on any atom is 0.501 e. The van der Waals surface area contributed by atoms with Gasteiger partial charge in [0.2, 0.25) is 0 Å². The summed E-state index contributed by atoms with van der Waals surface area (Å²) in [6.45, 7) is 0.217. The number of nitrogens with two attached hydrogens (primary N) is 1. The van der Waals surface area contributed by atoms with Gasteiger partial charge in [-0.25, -0.2) is 13.4 Å². The van der Waals surface area contributed by atoms with Crippen molar-refractivity contribution in [2.24, 2.45) is 10.7 Å². The molecule has 0 aliphatic heterocycles. The minimum absolute atomic E-state index is 0.0691. The van der Waals surface area contributed by atoms with E-state index in [1.807, 2.05) is 0 Å². The minimum atomic E-state index is -5.39. The molecule has 8 nitrogen and oxygen atoms in total. The van der Waals surface area contributed by atoms with Crippen LogP contribution >= 0.6 is 0 Å². The molecule has 0 saturated heterocycles. The van der Waals surface area contributed by atoms with Crippen LogP contribution in [0.2, 0.25) is 0 Å². The number of benzene rings is 2. The van der Waals surface area contributed by atoms with Crippen molar-refractivity contribution in [2.45, 2.75) is 10.4 Å². The number of anilines is 1. The van der Waals surface area contributed by atoms with Gasteiger partial charge in [-0.15, -0.1) is 0 Å². The summed E-state index contributed by atoms with van der Waals surface area (Å²) in [5.41, 5.74) is 1.06. The fraction of sp³-hybridized carbons (Fsp3) is 0.278. The van der Waals surface area contributed by atoms with Gasteiger partial charge in [0.05, 0.1) is 25.7 Å². The molecule has 0 radical (unpaired) electrons. The zero-order valence-corrected chi connectivity index (χ0v) is 16.9. The molecule has 0 fully saturated rings. The molecule has 0 atom stereocenters. The van der Waals surface area contributed by atoms with E-state index >= 15 is 0 Å². The number of hydrogen-bond acceptors (Lipinski definition) is 6. The van der Waals surface area contributed by atoms with Crippen LogP contribution in [-0.4, -0.2) is 47.3 Å². The van der Waals surface area contributed by atoms with Crippen LogP contribution in [0.4, 0.5) is 18.9 Å². The van der Waals surface area contributed by atoms with Crippen molar-refractivity contribution in [1.82, 2.24) is 0 Å². The Bertz CT molecular complexity index is 993. The summed E-state index contributed by atoms with van der Waals surface area (Å²) in [6, 6.07) is 9.01. The van der Waals surface area contributed by atoms with E-state index in [2.05, 4.69) is 10.3 Å². The first-order valence-corrected chi connectivity index (χ1v) is 9.90. The number of rotatable bonds is 8. The molecule has 30 heavy (non-hydrogen) atoms. The molecular formula is C18H20F3N3O5S. The van der Waals surface area contributed by atoms with Crippen molar-refractivity contribution in [1.29, 1.82) is 0 Å². The predicted molar refractivity (Wildman–Crippen MR) is 105 cm³/mol. The fourth-order valence-corrected chi connectivity index (χ4v) is 3.04. The zero-order chi connectivity index (χ0) is 22.4. The Kier molecular flexibility index (Phi) is 7.38. The van der Waals surface area contributed by atoms with Gasteiger partial charge in [-0.2, -0.15) is 13.2 Å². The predicted octanol–water partition coefficient (Wildman–Crippen LogP) is 2.80. The van der Waals surface area contributed by atoms with Gasteiger partial charge in [-0.05, 0) is 36.4 Å². The molecule has 0 saturated carbocycles. The number of hydrogen-bond donors (Lipinski definition) is 2. The van der Waals surface area contributed by atoms with Crippen LogP contribution in [0.5, 0.6) is 17.2 Å². The molecule has 164 valence electrons. The lowest BCUT2D eigenvalue weighted by molar-refractivity contribution is -0.0436. The molecule has 0 aliphatic rings. The highest BCUT2D eigenvalue weighted by Crippen LogP contribution is 2.31. The molecule has 2 rings (SSSR count). The second kappa shape index (κ2) is 9.57. The van der Waals surface area contributed by atoms with Crippen molar-refractivity contribution >= 4 is 21.5 Å². The molecule has 0 heterocycles. The Labute approximate surface area is 171 Å². The fourth-order valence-electron chi connectivity index (χ4n) is 2.28. The van der Waals surface area contributed by atoms with Gasteiger partial charge in [-0.1, -0.05) is 0 Å². The van der Waals surface area contributed by atoms with Gasteiger partial charge >= 0.3 is 5.51 Å². The first-order valence-electron chi connectivity index (χ1n) is 8.41. The Morgan fingerprint density at radius 1 is 1.07 bits per heavy atom. The number of aliphatic imine (C=N–C) groups is 1. The molecule has 0 aliphatic carbocycles. The third kappa shape index (κ3) is 5.69. The van der Waals surface area contributed by atoms with Crippen LogP contribution in [0, 0.1) is 0 Å². The molecule has 0 aromatic heterocycles. The summed E-state index contributed by atoms with van der Waals surface area (Å²) in [5, 5.41) is 2.87. The smallest absolute Gasteiger partial charge is 0.493 e. The molecule has 0 amide bonds. The maximum atomic E-state index is 12.5. The van der Waals surface area contributed by atoms with Crippen LogP contribution in [0.25, 0.3) is 0 Å². The second-order valence-electron chi connectivity index (χ2n) is 5.73. The van der Waals surface area contributed by atoms with Crippen LogP contribution < -0.4 is 25.3 Å². The average Bonchev–Trinajstić information content (AvgIpc) is 2.70. The number of ether oxygens (including phenoxy) is 3. The van der Waals surface area contributed by atoms with Gasteiger partial charge in [0.1, 0.15) is 12.4 Å². The zero-order valence-electron chi connectivity index (χ0n) is 16.1. The summed E-state index contributed by atoms with van der Waals surface area (Å²) in [7, 11) is -2.37. The van der Waals surface area contributed by atoms with Gasteiger partial charge in [-0.3, -0.25) is 0 Å². The number of halogens is 3. The highest BCUT2D eigenvalue weighted by Gasteiger charge is 2.46. The Morgan fingerprint density at radius 3 is 2.27 bits per heavy atom. The van der Waals surface area contributed by atoms with E-state index in [0.717, 1.165) is 24.3 Å². The second-order valence-corrected chi connectivity index (χ2v) is 7.67. The lowest BCUT2D eigenvalue weighted by Crippen LogP contribution is -2.23. The van der Waals surface area contributed by atoms with Gasteiger partial charge in [0, 0.05) is 11.8 Å². The van der Waals surface area contributed by atoms with E-state index < -0.39 is 20.2 Å². The molecule has 12 heteroatoms. The van der Waals surface area contributed by atoms with Crippen molar-refractivity contribution in [3.63, 3.8) is 0 Å². The van der Waals surface area contributed by atoms with Crippen LogP contribution in [0.15, 0.2) is 52.4 Å². The third-order valence-electron chi connectivity index (χ3n) is 3.74. The van der Waals surface area contributed by atoms with E-state index in [1.165, 1.54) is 14.2 Å². The number of methoxy groups -OCH3 is 2. The summed E-state index contributed by atoms with van der Waals surface area (Å²) in [5.74, 6) is 1.37. The van der Waals surface area contributed by atoms with E-state index in [0.29, 0.717) is 17.2 Å². The highest BCUT2D eigenvalue weighted by atomic mass is 32.2. The molecule has 3 N–H and O–H groups in total. The van der Waals surface area contributed by atoms with Crippen LogP contribution in [0.1, 0.15) is 0 Å². The van der Waals surface area contributed by atoms with E-state index in [4.69, 9.17) is 19.9 Å². The van der Waals surface area contributed by atoms with Crippen molar-refractivity contribution < 1.29 is 35.8 Å². The molecular weight excluding hydrogens is 427 g/mol. The first kappa shape index (κ1) is 23.1. The summed E-state index contributed by atoms with van der Waals surface area (Å²) in [6.07, 6.45) is 0. The standard InChI is InChI=1S/C18H20F3N3O5S/c1-27-15-8-3-12(11-16(15)28-2)24-17(22)23-9-10-29-13-4-6-14(7-5-13)30(25,26)18(19,20)21/h3-8,11H,9-10H2,1-2H3,(H3,22,23,24). The Balaban J connectivity index is 1.89. The largest absolute Gasteiger partial charge is 0.501 e. The third-order valence-corrected chi connectivity index (χ3v) is 5.24. The summed E-state index contributed by atoms with van der Waals surface area (Å²) in [4.78, 5) is 3.21. The molecule has 2 aromatic carbocycles. The number of alkyl halides is 3. The minimum Gasteiger partial charge on any atom is -0.493 e. The number of guanidine groups is 1. The molecule has 0 spiro atoms. The Morgan fingerprint density at radius 2 is 1.70 bits per heavy atom. The van der Waals surface area contributed by atoms with Gasteiger partial charge in [0.25, 0.3) is 9.84 Å². The molecule has 0 unspecified atom stereocenters. The maximum absolute atomic E-state index is 12.5. The van der Waals surface area contributed by atoms with Crippen LogP contribution in [0.3, 0.4) is 0 Å². The number of nitrogens with one attached hydrogen (secondary N) is 1. The monoisotopic (exact) mass is 447 g/mol. The lowest BCUT2D eigenvalue weighted by Gasteiger charge is -2.11. The topological polar surface area (TPSA) is 112 Å². The van der Waals surface area contributed by atoms with Gasteiger partial charge in [0.15, 0.2) is 17.5 Å².